The molecule has 2 amide bonds. The molecule has 2 fully saturated rings. The smallest absolute Gasteiger partial charge is 0.314 e. The van der Waals surface area contributed by atoms with Crippen molar-refractivity contribution in [2.45, 2.75) is 44.9 Å². The lowest BCUT2D eigenvalue weighted by Crippen LogP contribution is -2.47. The maximum absolute atomic E-state index is 11.9. The molecule has 0 atom stereocenters. The first-order valence-electron chi connectivity index (χ1n) is 7.72. The van der Waals surface area contributed by atoms with E-state index in [1.54, 1.807) is 7.11 Å². The predicted molar refractivity (Wildman–Crippen MR) is 78.1 cm³/mol. The Morgan fingerprint density at radius 3 is 2.14 bits per heavy atom. The number of hydrogen-bond acceptors (Lipinski definition) is 3. The van der Waals surface area contributed by atoms with E-state index in [-0.39, 0.29) is 23.3 Å². The van der Waals surface area contributed by atoms with Crippen LogP contribution in [0.1, 0.15) is 44.9 Å². The summed E-state index contributed by atoms with van der Waals surface area (Å²) >= 11 is 0. The number of hydrogen-bond donors (Lipinski definition) is 3. The lowest BCUT2D eigenvalue weighted by atomic mass is 9.66. The van der Waals surface area contributed by atoms with Crippen LogP contribution < -0.4 is 10.6 Å². The number of rotatable bonds is 9. The number of ether oxygens (including phenoxy) is 1. The lowest BCUT2D eigenvalue weighted by molar-refractivity contribution is -0.141. The van der Waals surface area contributed by atoms with Crippen molar-refractivity contribution in [3.8, 4) is 0 Å². The van der Waals surface area contributed by atoms with Gasteiger partial charge in [0.05, 0.1) is 6.42 Å². The first-order valence-corrected chi connectivity index (χ1v) is 7.72. The summed E-state index contributed by atoms with van der Waals surface area (Å²) in [5, 5.41) is 14.7. The van der Waals surface area contributed by atoms with E-state index in [1.807, 2.05) is 0 Å². The minimum atomic E-state index is -0.784. The number of methoxy groups -OCH3 is 1. The van der Waals surface area contributed by atoms with Gasteiger partial charge in [-0.1, -0.05) is 6.42 Å². The Balaban J connectivity index is 1.66. The van der Waals surface area contributed by atoms with Gasteiger partial charge in [-0.05, 0) is 42.9 Å². The fourth-order valence-electron chi connectivity index (χ4n) is 3.02. The zero-order valence-corrected chi connectivity index (χ0v) is 12.7. The van der Waals surface area contributed by atoms with E-state index in [1.165, 1.54) is 0 Å². The van der Waals surface area contributed by atoms with Crippen molar-refractivity contribution < 1.29 is 19.4 Å². The van der Waals surface area contributed by atoms with E-state index < -0.39 is 5.97 Å². The molecule has 21 heavy (non-hydrogen) atoms. The second-order valence-electron chi connectivity index (χ2n) is 6.70. The molecule has 120 valence electrons. The van der Waals surface area contributed by atoms with E-state index in [0.717, 1.165) is 45.1 Å². The molecular formula is C15H26N2O4. The molecule has 0 aliphatic heterocycles. The summed E-state index contributed by atoms with van der Waals surface area (Å²) in [6.07, 6.45) is 6.22. The van der Waals surface area contributed by atoms with Crippen LogP contribution in [0.5, 0.6) is 0 Å². The van der Waals surface area contributed by atoms with Gasteiger partial charge in [-0.3, -0.25) is 4.79 Å². The molecule has 0 aromatic rings. The van der Waals surface area contributed by atoms with Crippen molar-refractivity contribution in [1.29, 1.82) is 0 Å². The third-order valence-electron chi connectivity index (χ3n) is 4.98. The van der Waals surface area contributed by atoms with Gasteiger partial charge in [-0.25, -0.2) is 4.79 Å². The summed E-state index contributed by atoms with van der Waals surface area (Å²) in [6, 6.07) is -0.185. The van der Waals surface area contributed by atoms with Gasteiger partial charge in [-0.2, -0.15) is 0 Å². The number of urea groups is 1. The lowest BCUT2D eigenvalue weighted by Gasteiger charge is -2.40. The number of carbonyl (C=O) groups is 2. The third kappa shape index (κ3) is 4.59. The Morgan fingerprint density at radius 1 is 1.10 bits per heavy atom. The minimum Gasteiger partial charge on any atom is -0.481 e. The van der Waals surface area contributed by atoms with Crippen molar-refractivity contribution >= 4 is 12.0 Å². The SMILES string of the molecule is COCCC1(CNC(=O)NCC2(CC(=O)O)CCC2)CC1. The Kier molecular flexibility index (Phi) is 5.08. The molecule has 0 radical (unpaired) electrons. The number of carbonyl (C=O) groups excluding carboxylic acids is 1. The van der Waals surface area contributed by atoms with Crippen molar-refractivity contribution in [3.05, 3.63) is 0 Å². The molecule has 0 spiro atoms. The fourth-order valence-corrected chi connectivity index (χ4v) is 3.02. The summed E-state index contributed by atoms with van der Waals surface area (Å²) in [7, 11) is 1.69. The summed E-state index contributed by atoms with van der Waals surface area (Å²) < 4.78 is 5.09. The van der Waals surface area contributed by atoms with Crippen LogP contribution in [0.3, 0.4) is 0 Å². The highest BCUT2D eigenvalue weighted by Gasteiger charge is 2.42. The van der Waals surface area contributed by atoms with Crippen molar-refractivity contribution in [2.75, 3.05) is 26.8 Å². The molecule has 2 saturated carbocycles. The van der Waals surface area contributed by atoms with E-state index >= 15 is 0 Å². The van der Waals surface area contributed by atoms with Gasteiger partial charge < -0.3 is 20.5 Å². The highest BCUT2D eigenvalue weighted by Crippen LogP contribution is 2.48. The summed E-state index contributed by atoms with van der Waals surface area (Å²) in [5.74, 6) is -0.784. The van der Waals surface area contributed by atoms with Crippen LogP contribution >= 0.6 is 0 Å². The number of carboxylic acid groups (broad SMARTS) is 1. The van der Waals surface area contributed by atoms with Crippen LogP contribution in [0, 0.1) is 10.8 Å². The van der Waals surface area contributed by atoms with Gasteiger partial charge >= 0.3 is 12.0 Å². The van der Waals surface area contributed by atoms with E-state index in [2.05, 4.69) is 10.6 Å². The Morgan fingerprint density at radius 2 is 1.71 bits per heavy atom. The van der Waals surface area contributed by atoms with Crippen molar-refractivity contribution in [1.82, 2.24) is 10.6 Å². The molecule has 0 heterocycles. The standard InChI is InChI=1S/C15H26N2O4/c1-21-8-7-14(5-6-14)10-16-13(20)17-11-15(3-2-4-15)9-12(18)19/h2-11H2,1H3,(H,18,19)(H2,16,17,20). The van der Waals surface area contributed by atoms with Gasteiger partial charge in [0.2, 0.25) is 0 Å². The van der Waals surface area contributed by atoms with Crippen molar-refractivity contribution in [2.24, 2.45) is 10.8 Å². The topological polar surface area (TPSA) is 87.7 Å². The van der Waals surface area contributed by atoms with E-state index in [0.29, 0.717) is 13.1 Å². The maximum atomic E-state index is 11.9. The average molecular weight is 298 g/mol. The molecule has 3 N–H and O–H groups in total. The van der Waals surface area contributed by atoms with Crippen LogP contribution in [-0.4, -0.2) is 43.9 Å². The molecule has 0 saturated heterocycles. The first-order chi connectivity index (χ1) is 9.99. The Bertz CT molecular complexity index is 389. The van der Waals surface area contributed by atoms with Crippen LogP contribution in [0.25, 0.3) is 0 Å². The molecule has 2 aliphatic carbocycles. The summed E-state index contributed by atoms with van der Waals surface area (Å²) in [5.41, 5.74) is -0.000930. The number of nitrogens with one attached hydrogen (secondary N) is 2. The molecule has 2 rings (SSSR count). The summed E-state index contributed by atoms with van der Waals surface area (Å²) in [6.45, 7) is 1.86. The van der Waals surface area contributed by atoms with Crippen LogP contribution in [0.15, 0.2) is 0 Å². The number of amides is 2. The van der Waals surface area contributed by atoms with Gasteiger partial charge in [0.1, 0.15) is 0 Å². The predicted octanol–water partition coefficient (Wildman–Crippen LogP) is 1.75. The minimum absolute atomic E-state index is 0.144. The molecule has 2 aliphatic rings. The highest BCUT2D eigenvalue weighted by molar-refractivity contribution is 5.74. The average Bonchev–Trinajstić information content (AvgIpc) is 3.17. The Hall–Kier alpha value is -1.30. The van der Waals surface area contributed by atoms with Gasteiger partial charge in [-0.15, -0.1) is 0 Å². The van der Waals surface area contributed by atoms with Gasteiger partial charge in [0.25, 0.3) is 0 Å². The largest absolute Gasteiger partial charge is 0.481 e. The normalized spacial score (nSPS) is 21.2. The van der Waals surface area contributed by atoms with Gasteiger partial charge in [0.15, 0.2) is 0 Å². The second-order valence-corrected chi connectivity index (χ2v) is 6.70. The molecule has 0 unspecified atom stereocenters. The maximum Gasteiger partial charge on any atom is 0.314 e. The van der Waals surface area contributed by atoms with Crippen LogP contribution in [-0.2, 0) is 9.53 Å². The van der Waals surface area contributed by atoms with Crippen LogP contribution in [0.2, 0.25) is 0 Å². The van der Waals surface area contributed by atoms with Gasteiger partial charge in [0, 0.05) is 26.8 Å². The zero-order chi connectivity index (χ0) is 15.3. The molecule has 6 heteroatoms. The molecule has 6 nitrogen and oxygen atoms in total. The van der Waals surface area contributed by atoms with E-state index in [4.69, 9.17) is 9.84 Å². The second kappa shape index (κ2) is 6.64. The molecular weight excluding hydrogens is 272 g/mol. The number of aliphatic carboxylic acids is 1. The van der Waals surface area contributed by atoms with Crippen molar-refractivity contribution in [3.63, 3.8) is 0 Å². The first kappa shape index (κ1) is 16.1. The Labute approximate surface area is 125 Å². The zero-order valence-electron chi connectivity index (χ0n) is 12.7. The third-order valence-corrected chi connectivity index (χ3v) is 4.98. The monoisotopic (exact) mass is 298 g/mol. The van der Waals surface area contributed by atoms with E-state index in [9.17, 15) is 9.59 Å². The molecule has 0 bridgehead atoms. The van der Waals surface area contributed by atoms with Crippen LogP contribution in [0.4, 0.5) is 4.79 Å². The summed E-state index contributed by atoms with van der Waals surface area (Å²) in [4.78, 5) is 22.7. The highest BCUT2D eigenvalue weighted by atomic mass is 16.5. The fraction of sp³-hybridized carbons (Fsp3) is 0.867. The molecule has 0 aromatic carbocycles. The number of carboxylic acids is 1. The molecule has 0 aromatic heterocycles. The quantitative estimate of drug-likeness (QED) is 0.605.